The summed E-state index contributed by atoms with van der Waals surface area (Å²) in [4.78, 5) is 0.111. The monoisotopic (exact) mass is 262 g/mol. The Morgan fingerprint density at radius 2 is 1.62 bits per heavy atom. The first kappa shape index (κ1) is 13.3. The van der Waals surface area contributed by atoms with E-state index in [9.17, 15) is 8.42 Å². The Morgan fingerprint density at radius 3 is 1.94 bits per heavy atom. The fourth-order valence-corrected chi connectivity index (χ4v) is 2.38. The lowest BCUT2D eigenvalue weighted by Gasteiger charge is -2.15. The Balaban J connectivity index is 3.28. The summed E-state index contributed by atoms with van der Waals surface area (Å²) in [5.74, 6) is 0.721. The van der Waals surface area contributed by atoms with Crippen molar-refractivity contribution in [2.24, 2.45) is 0 Å². The van der Waals surface area contributed by atoms with Crippen molar-refractivity contribution in [1.29, 1.82) is 0 Å². The second kappa shape index (κ2) is 4.63. The van der Waals surface area contributed by atoms with Gasteiger partial charge in [-0.15, -0.1) is 0 Å². The summed E-state index contributed by atoms with van der Waals surface area (Å²) < 4.78 is 28.0. The predicted molar refractivity (Wildman–Crippen MR) is 64.7 cm³/mol. The lowest BCUT2D eigenvalue weighted by Crippen LogP contribution is -2.08. The molecule has 0 amide bonds. The van der Waals surface area contributed by atoms with Crippen molar-refractivity contribution in [2.75, 3.05) is 0 Å². The second-order valence-electron chi connectivity index (χ2n) is 3.99. The maximum atomic E-state index is 11.2. The van der Waals surface area contributed by atoms with E-state index in [0.29, 0.717) is 0 Å². The number of hydrogen-bond acceptors (Lipinski definition) is 3. The number of ether oxygens (including phenoxy) is 1. The van der Waals surface area contributed by atoms with E-state index < -0.39 is 9.05 Å². The minimum atomic E-state index is -3.68. The van der Waals surface area contributed by atoms with Crippen molar-refractivity contribution >= 4 is 19.7 Å². The van der Waals surface area contributed by atoms with Crippen LogP contribution in [0.15, 0.2) is 17.0 Å². The number of benzene rings is 1. The zero-order valence-corrected chi connectivity index (χ0v) is 11.3. The van der Waals surface area contributed by atoms with Gasteiger partial charge in [-0.2, -0.15) is 0 Å². The Hall–Kier alpha value is -0.740. The van der Waals surface area contributed by atoms with Crippen LogP contribution in [0.3, 0.4) is 0 Å². The molecule has 0 atom stereocenters. The Labute approximate surface area is 101 Å². The lowest BCUT2D eigenvalue weighted by atomic mass is 10.1. The molecular formula is C11H15ClO3S. The molecule has 1 aromatic rings. The van der Waals surface area contributed by atoms with Gasteiger partial charge < -0.3 is 4.74 Å². The molecule has 0 bridgehead atoms. The van der Waals surface area contributed by atoms with Crippen molar-refractivity contribution in [3.8, 4) is 5.75 Å². The molecule has 16 heavy (non-hydrogen) atoms. The highest BCUT2D eigenvalue weighted by Crippen LogP contribution is 2.29. The highest BCUT2D eigenvalue weighted by molar-refractivity contribution is 8.13. The van der Waals surface area contributed by atoms with Crippen molar-refractivity contribution in [3.63, 3.8) is 0 Å². The summed E-state index contributed by atoms with van der Waals surface area (Å²) in [5.41, 5.74) is 1.54. The van der Waals surface area contributed by atoms with Gasteiger partial charge in [0.05, 0.1) is 11.0 Å². The summed E-state index contributed by atoms with van der Waals surface area (Å²) in [5, 5.41) is 0. The topological polar surface area (TPSA) is 43.4 Å². The molecule has 0 saturated heterocycles. The number of rotatable bonds is 3. The molecule has 0 fully saturated rings. The van der Waals surface area contributed by atoms with E-state index >= 15 is 0 Å². The van der Waals surface area contributed by atoms with E-state index in [2.05, 4.69) is 0 Å². The first-order valence-corrected chi connectivity index (χ1v) is 7.25. The Morgan fingerprint density at radius 1 is 1.19 bits per heavy atom. The zero-order valence-electron chi connectivity index (χ0n) is 9.74. The fourth-order valence-electron chi connectivity index (χ4n) is 1.47. The molecule has 0 aliphatic rings. The van der Waals surface area contributed by atoms with Crippen molar-refractivity contribution < 1.29 is 13.2 Å². The van der Waals surface area contributed by atoms with Crippen LogP contribution in [0, 0.1) is 13.8 Å². The molecule has 0 radical (unpaired) electrons. The molecular weight excluding hydrogens is 248 g/mol. The SMILES string of the molecule is Cc1cc(S(=O)(=O)Cl)cc(C)c1OC(C)C. The molecule has 0 unspecified atom stereocenters. The third kappa shape index (κ3) is 3.12. The molecule has 0 aliphatic carbocycles. The van der Waals surface area contributed by atoms with Crippen LogP contribution >= 0.6 is 10.7 Å². The maximum Gasteiger partial charge on any atom is 0.261 e. The average molecular weight is 263 g/mol. The van der Waals surface area contributed by atoms with E-state index in [1.54, 1.807) is 13.8 Å². The number of aryl methyl sites for hydroxylation is 2. The normalized spacial score (nSPS) is 11.9. The maximum absolute atomic E-state index is 11.2. The van der Waals surface area contributed by atoms with E-state index in [4.69, 9.17) is 15.4 Å². The van der Waals surface area contributed by atoms with Crippen LogP contribution in [0.25, 0.3) is 0 Å². The van der Waals surface area contributed by atoms with Crippen molar-refractivity contribution in [3.05, 3.63) is 23.3 Å². The summed E-state index contributed by atoms with van der Waals surface area (Å²) in [6.45, 7) is 7.45. The van der Waals surface area contributed by atoms with Gasteiger partial charge in [0, 0.05) is 10.7 Å². The van der Waals surface area contributed by atoms with E-state index in [1.165, 1.54) is 12.1 Å². The summed E-state index contributed by atoms with van der Waals surface area (Å²) >= 11 is 0. The Kier molecular flexibility index (Phi) is 3.86. The summed E-state index contributed by atoms with van der Waals surface area (Å²) in [6.07, 6.45) is 0.0517. The van der Waals surface area contributed by atoms with Gasteiger partial charge in [0.1, 0.15) is 5.75 Å². The molecule has 0 spiro atoms. The lowest BCUT2D eigenvalue weighted by molar-refractivity contribution is 0.239. The largest absolute Gasteiger partial charge is 0.490 e. The first-order chi connectivity index (χ1) is 7.21. The first-order valence-electron chi connectivity index (χ1n) is 4.94. The Bertz CT molecular complexity index is 469. The van der Waals surface area contributed by atoms with Gasteiger partial charge in [0.25, 0.3) is 9.05 Å². The number of halogens is 1. The van der Waals surface area contributed by atoms with Crippen LogP contribution in [0.1, 0.15) is 25.0 Å². The molecule has 0 saturated carbocycles. The second-order valence-corrected chi connectivity index (χ2v) is 6.56. The highest BCUT2D eigenvalue weighted by Gasteiger charge is 2.15. The predicted octanol–water partition coefficient (Wildman–Crippen LogP) is 3.02. The third-order valence-electron chi connectivity index (χ3n) is 2.07. The molecule has 90 valence electrons. The molecule has 0 aromatic heterocycles. The van der Waals surface area contributed by atoms with Gasteiger partial charge in [-0.25, -0.2) is 8.42 Å². The van der Waals surface area contributed by atoms with Crippen LogP contribution in [0.4, 0.5) is 0 Å². The van der Waals surface area contributed by atoms with Gasteiger partial charge in [-0.3, -0.25) is 0 Å². The molecule has 1 aromatic carbocycles. The van der Waals surface area contributed by atoms with Gasteiger partial charge in [0.2, 0.25) is 0 Å². The van der Waals surface area contributed by atoms with Crippen molar-refractivity contribution in [2.45, 2.75) is 38.7 Å². The minimum absolute atomic E-state index is 0.0517. The van der Waals surface area contributed by atoms with Crippen molar-refractivity contribution in [1.82, 2.24) is 0 Å². The average Bonchev–Trinajstić information content (AvgIpc) is 2.09. The molecule has 5 heteroatoms. The molecule has 3 nitrogen and oxygen atoms in total. The van der Waals surface area contributed by atoms with Crippen LogP contribution < -0.4 is 4.74 Å². The third-order valence-corrected chi connectivity index (χ3v) is 3.40. The molecule has 0 N–H and O–H groups in total. The number of hydrogen-bond donors (Lipinski definition) is 0. The quantitative estimate of drug-likeness (QED) is 0.787. The van der Waals surface area contributed by atoms with E-state index in [-0.39, 0.29) is 11.0 Å². The minimum Gasteiger partial charge on any atom is -0.490 e. The standard InChI is InChI=1S/C11H15ClO3S/c1-7(2)15-11-8(3)5-10(6-9(11)4)16(12,13)14/h5-7H,1-4H3. The molecule has 0 heterocycles. The van der Waals surface area contributed by atoms with Gasteiger partial charge >= 0.3 is 0 Å². The van der Waals surface area contributed by atoms with Gasteiger partial charge in [-0.1, -0.05) is 0 Å². The van der Waals surface area contributed by atoms with Crippen LogP contribution in [0.5, 0.6) is 5.75 Å². The van der Waals surface area contributed by atoms with Gasteiger partial charge in [0.15, 0.2) is 0 Å². The van der Waals surface area contributed by atoms with Crippen LogP contribution in [0.2, 0.25) is 0 Å². The summed E-state index contributed by atoms with van der Waals surface area (Å²) in [6, 6.07) is 3.04. The van der Waals surface area contributed by atoms with Gasteiger partial charge in [-0.05, 0) is 51.0 Å². The molecule has 1 rings (SSSR count). The summed E-state index contributed by atoms with van der Waals surface area (Å²) in [7, 11) is 1.62. The van der Waals surface area contributed by atoms with E-state index in [0.717, 1.165) is 16.9 Å². The zero-order chi connectivity index (χ0) is 12.5. The smallest absolute Gasteiger partial charge is 0.261 e. The fraction of sp³-hybridized carbons (Fsp3) is 0.455. The van der Waals surface area contributed by atoms with Crippen LogP contribution in [-0.2, 0) is 9.05 Å². The molecule has 0 aliphatic heterocycles. The highest BCUT2D eigenvalue weighted by atomic mass is 35.7. The van der Waals surface area contributed by atoms with E-state index in [1.807, 2.05) is 13.8 Å². The van der Waals surface area contributed by atoms with Crippen LogP contribution in [-0.4, -0.2) is 14.5 Å².